The molecule has 1 heterocycles. The highest BCUT2D eigenvalue weighted by molar-refractivity contribution is 6.22. The Hall–Kier alpha value is -2.69. The van der Waals surface area contributed by atoms with Crippen LogP contribution < -0.4 is 5.32 Å². The summed E-state index contributed by atoms with van der Waals surface area (Å²) in [5.74, 6) is -2.96. The van der Waals surface area contributed by atoms with Crippen molar-refractivity contribution in [3.63, 3.8) is 0 Å². The summed E-state index contributed by atoms with van der Waals surface area (Å²) in [5, 5.41) is 12.3. The van der Waals surface area contributed by atoms with Crippen LogP contribution in [0.4, 0.5) is 5.69 Å². The normalized spacial score (nSPS) is 20.0. The first-order valence-corrected chi connectivity index (χ1v) is 6.67. The lowest BCUT2D eigenvalue weighted by molar-refractivity contribution is -0.132. The van der Waals surface area contributed by atoms with Gasteiger partial charge in [-0.05, 0) is 30.2 Å². The van der Waals surface area contributed by atoms with E-state index in [1.807, 2.05) is 13.0 Å². The number of nitrogens with one attached hydrogen (secondary N) is 1. The third-order valence-electron chi connectivity index (χ3n) is 3.83. The topological polar surface area (TPSA) is 83.5 Å². The summed E-state index contributed by atoms with van der Waals surface area (Å²) in [7, 11) is 0. The van der Waals surface area contributed by atoms with Crippen LogP contribution in [0.15, 0.2) is 41.6 Å². The molecule has 1 atom stereocenters. The Balaban J connectivity index is 2.25. The lowest BCUT2D eigenvalue weighted by Crippen LogP contribution is -2.37. The SMILES string of the molecule is CCc1cccc2c1NC1=C(C(=O)O)C=CC(=O)C1C2=O. The molecule has 5 nitrogen and oxygen atoms in total. The Labute approximate surface area is 121 Å². The van der Waals surface area contributed by atoms with Gasteiger partial charge in [-0.1, -0.05) is 19.1 Å². The number of rotatable bonds is 2. The van der Waals surface area contributed by atoms with Gasteiger partial charge in [-0.2, -0.15) is 0 Å². The number of aryl methyl sites for hydroxylation is 1. The summed E-state index contributed by atoms with van der Waals surface area (Å²) in [4.78, 5) is 35.9. The summed E-state index contributed by atoms with van der Waals surface area (Å²) in [6.07, 6.45) is 3.11. The van der Waals surface area contributed by atoms with Gasteiger partial charge in [-0.15, -0.1) is 0 Å². The van der Waals surface area contributed by atoms with Crippen LogP contribution in [-0.4, -0.2) is 22.6 Å². The maximum Gasteiger partial charge on any atom is 0.337 e. The van der Waals surface area contributed by atoms with Crippen molar-refractivity contribution in [3.8, 4) is 0 Å². The highest BCUT2D eigenvalue weighted by Crippen LogP contribution is 2.37. The van der Waals surface area contributed by atoms with Gasteiger partial charge >= 0.3 is 5.97 Å². The van der Waals surface area contributed by atoms with E-state index in [9.17, 15) is 19.5 Å². The standard InChI is InChI=1S/C16H13NO4/c1-2-8-4-3-5-9-13(8)17-14-10(16(20)21)6-7-11(18)12(14)15(9)19/h3-7,12,17H,2H2,1H3,(H,20,21). The van der Waals surface area contributed by atoms with Gasteiger partial charge in [0.15, 0.2) is 11.6 Å². The van der Waals surface area contributed by atoms with Gasteiger partial charge in [0.25, 0.3) is 0 Å². The third kappa shape index (κ3) is 1.89. The second-order valence-corrected chi connectivity index (χ2v) is 4.98. The predicted octanol–water partition coefficient (Wildman–Crippen LogP) is 1.95. The average molecular weight is 283 g/mol. The van der Waals surface area contributed by atoms with E-state index >= 15 is 0 Å². The van der Waals surface area contributed by atoms with Crippen molar-refractivity contribution in [2.75, 3.05) is 5.32 Å². The molecule has 1 aromatic rings. The van der Waals surface area contributed by atoms with Crippen molar-refractivity contribution in [2.45, 2.75) is 13.3 Å². The molecule has 0 aromatic heterocycles. The average Bonchev–Trinajstić information content (AvgIpc) is 2.46. The Morgan fingerprint density at radius 3 is 2.71 bits per heavy atom. The Bertz CT molecular complexity index is 743. The van der Waals surface area contributed by atoms with Gasteiger partial charge in [0.1, 0.15) is 5.92 Å². The number of hydrogen-bond donors (Lipinski definition) is 2. The van der Waals surface area contributed by atoms with E-state index in [2.05, 4.69) is 5.32 Å². The number of para-hydroxylation sites is 1. The van der Waals surface area contributed by atoms with Crippen molar-refractivity contribution in [1.29, 1.82) is 0 Å². The lowest BCUT2D eigenvalue weighted by atomic mass is 9.80. The summed E-state index contributed by atoms with van der Waals surface area (Å²) in [5.41, 5.74) is 2.10. The van der Waals surface area contributed by atoms with Crippen LogP contribution in [0.2, 0.25) is 0 Å². The van der Waals surface area contributed by atoms with E-state index in [-0.39, 0.29) is 22.8 Å². The number of benzene rings is 1. The zero-order valence-corrected chi connectivity index (χ0v) is 11.3. The van der Waals surface area contributed by atoms with Gasteiger partial charge in [0, 0.05) is 11.3 Å². The maximum atomic E-state index is 12.6. The number of hydrogen-bond acceptors (Lipinski definition) is 4. The van der Waals surface area contributed by atoms with Crippen molar-refractivity contribution in [3.05, 3.63) is 52.7 Å². The van der Waals surface area contributed by atoms with E-state index in [0.29, 0.717) is 17.7 Å². The zero-order valence-electron chi connectivity index (χ0n) is 11.3. The van der Waals surface area contributed by atoms with E-state index in [1.165, 1.54) is 6.08 Å². The van der Waals surface area contributed by atoms with Gasteiger partial charge < -0.3 is 10.4 Å². The summed E-state index contributed by atoms with van der Waals surface area (Å²) >= 11 is 0. The Kier molecular flexibility index (Phi) is 2.97. The number of ketones is 2. The number of carbonyl (C=O) groups is 3. The van der Waals surface area contributed by atoms with Crippen LogP contribution in [0.3, 0.4) is 0 Å². The second-order valence-electron chi connectivity index (χ2n) is 4.98. The molecule has 0 bridgehead atoms. The van der Waals surface area contributed by atoms with Crippen molar-refractivity contribution >= 4 is 23.2 Å². The number of fused-ring (bicyclic) bond motifs is 2. The maximum absolute atomic E-state index is 12.6. The molecule has 2 aliphatic rings. The molecule has 1 aliphatic heterocycles. The van der Waals surface area contributed by atoms with E-state index in [1.54, 1.807) is 12.1 Å². The molecule has 21 heavy (non-hydrogen) atoms. The molecule has 1 aromatic carbocycles. The number of carbonyl (C=O) groups excluding carboxylic acids is 2. The van der Waals surface area contributed by atoms with E-state index in [4.69, 9.17) is 0 Å². The molecular weight excluding hydrogens is 270 g/mol. The predicted molar refractivity (Wildman–Crippen MR) is 76.1 cm³/mol. The molecule has 0 saturated carbocycles. The Morgan fingerprint density at radius 1 is 1.29 bits per heavy atom. The molecule has 0 saturated heterocycles. The van der Waals surface area contributed by atoms with Crippen LogP contribution in [-0.2, 0) is 16.0 Å². The molecule has 5 heteroatoms. The number of carboxylic acids is 1. The van der Waals surface area contributed by atoms with Crippen molar-refractivity contribution in [2.24, 2.45) is 5.92 Å². The van der Waals surface area contributed by atoms with Gasteiger partial charge in [-0.3, -0.25) is 9.59 Å². The molecule has 106 valence electrons. The minimum Gasteiger partial charge on any atom is -0.478 e. The largest absolute Gasteiger partial charge is 0.478 e. The highest BCUT2D eigenvalue weighted by atomic mass is 16.4. The first kappa shape index (κ1) is 13.3. The third-order valence-corrected chi connectivity index (χ3v) is 3.83. The molecule has 3 rings (SSSR count). The van der Waals surface area contributed by atoms with Gasteiger partial charge in [0.05, 0.1) is 11.3 Å². The van der Waals surface area contributed by atoms with Crippen molar-refractivity contribution < 1.29 is 19.5 Å². The summed E-state index contributed by atoms with van der Waals surface area (Å²) in [6.45, 7) is 1.95. The van der Waals surface area contributed by atoms with Crippen molar-refractivity contribution in [1.82, 2.24) is 0 Å². The molecule has 0 radical (unpaired) electrons. The van der Waals surface area contributed by atoms with Crippen LogP contribution >= 0.6 is 0 Å². The minimum absolute atomic E-state index is 0.0375. The fraction of sp³-hybridized carbons (Fsp3) is 0.188. The van der Waals surface area contributed by atoms with Gasteiger partial charge in [-0.25, -0.2) is 4.79 Å². The van der Waals surface area contributed by atoms with Crippen LogP contribution in [0.5, 0.6) is 0 Å². The molecule has 1 unspecified atom stereocenters. The molecule has 0 spiro atoms. The van der Waals surface area contributed by atoms with E-state index < -0.39 is 11.9 Å². The first-order chi connectivity index (χ1) is 10.0. The van der Waals surface area contributed by atoms with E-state index in [0.717, 1.165) is 11.6 Å². The molecule has 0 amide bonds. The van der Waals surface area contributed by atoms with Crippen LogP contribution in [0.1, 0.15) is 22.8 Å². The number of carboxylic acid groups (broad SMARTS) is 1. The smallest absolute Gasteiger partial charge is 0.337 e. The fourth-order valence-corrected chi connectivity index (χ4v) is 2.77. The van der Waals surface area contributed by atoms with Crippen LogP contribution in [0, 0.1) is 5.92 Å². The molecule has 0 fully saturated rings. The van der Waals surface area contributed by atoms with Crippen LogP contribution in [0.25, 0.3) is 0 Å². The zero-order chi connectivity index (χ0) is 15.1. The summed E-state index contributed by atoms with van der Waals surface area (Å²) < 4.78 is 0. The van der Waals surface area contributed by atoms with Gasteiger partial charge in [0.2, 0.25) is 0 Å². The summed E-state index contributed by atoms with van der Waals surface area (Å²) in [6, 6.07) is 5.31. The fourth-order valence-electron chi connectivity index (χ4n) is 2.77. The first-order valence-electron chi connectivity index (χ1n) is 6.67. The minimum atomic E-state index is -1.16. The molecular formula is C16H13NO4. The Morgan fingerprint density at radius 2 is 2.05 bits per heavy atom. The molecule has 2 N–H and O–H groups in total. The number of allylic oxidation sites excluding steroid dienone is 2. The lowest BCUT2D eigenvalue weighted by Gasteiger charge is -2.30. The second kappa shape index (κ2) is 4.70. The number of anilines is 1. The highest BCUT2D eigenvalue weighted by Gasteiger charge is 2.40. The quantitative estimate of drug-likeness (QED) is 0.810. The monoisotopic (exact) mass is 283 g/mol. The number of Topliss-reactive ketones (excluding diaryl/α,β-unsaturated/α-hetero) is 1. The number of aliphatic carboxylic acids is 1. The molecule has 1 aliphatic carbocycles.